The van der Waals surface area contributed by atoms with E-state index in [4.69, 9.17) is 14.4 Å². The molecule has 5 rings (SSSR count). The number of hydrogen-bond donors (Lipinski definition) is 0. The summed E-state index contributed by atoms with van der Waals surface area (Å²) in [5.41, 5.74) is 1.48. The molecule has 0 N–H and O–H groups in total. The first-order valence-corrected chi connectivity index (χ1v) is 10.6. The van der Waals surface area contributed by atoms with Crippen molar-refractivity contribution in [3.63, 3.8) is 0 Å². The van der Waals surface area contributed by atoms with Crippen LogP contribution in [0.5, 0.6) is 5.75 Å². The van der Waals surface area contributed by atoms with E-state index < -0.39 is 0 Å². The first-order chi connectivity index (χ1) is 15.1. The number of aromatic nitrogens is 2. The molecule has 2 fully saturated rings. The highest BCUT2D eigenvalue weighted by Crippen LogP contribution is 2.64. The van der Waals surface area contributed by atoms with Gasteiger partial charge in [0, 0.05) is 18.0 Å². The van der Waals surface area contributed by atoms with E-state index in [1.54, 1.807) is 24.3 Å². The topological polar surface area (TPSA) is 75.2 Å². The van der Waals surface area contributed by atoms with Crippen LogP contribution in [-0.2, 0) is 0 Å². The molecule has 1 saturated carbocycles. The van der Waals surface area contributed by atoms with E-state index >= 15 is 0 Å². The van der Waals surface area contributed by atoms with Crippen LogP contribution in [0, 0.1) is 22.6 Å². The maximum Gasteiger partial charge on any atom is 0.247 e. The second-order valence-electron chi connectivity index (χ2n) is 8.40. The van der Waals surface area contributed by atoms with Crippen LogP contribution in [0.15, 0.2) is 52.9 Å². The summed E-state index contributed by atoms with van der Waals surface area (Å²) in [6.45, 7) is 3.50. The largest absolute Gasteiger partial charge is 0.492 e. The maximum atomic E-state index is 13.5. The van der Waals surface area contributed by atoms with Crippen molar-refractivity contribution in [2.24, 2.45) is 5.41 Å². The Balaban J connectivity index is 1.12. The third kappa shape index (κ3) is 4.17. The lowest BCUT2D eigenvalue weighted by atomic mass is 9.91. The van der Waals surface area contributed by atoms with Crippen LogP contribution >= 0.6 is 0 Å². The van der Waals surface area contributed by atoms with Crippen LogP contribution in [0.25, 0.3) is 11.5 Å². The lowest BCUT2D eigenvalue weighted by Gasteiger charge is -2.32. The Kier molecular flexibility index (Phi) is 5.16. The molecule has 3 aromatic rings. The molecule has 1 spiro atoms. The smallest absolute Gasteiger partial charge is 0.247 e. The number of rotatable bonds is 6. The summed E-state index contributed by atoms with van der Waals surface area (Å²) < 4.78 is 25.2. The molecular formula is C24H23FN4O2. The van der Waals surface area contributed by atoms with Gasteiger partial charge in [-0.2, -0.15) is 5.26 Å². The molecule has 6 nitrogen and oxygen atoms in total. The zero-order chi connectivity index (χ0) is 21.3. The van der Waals surface area contributed by atoms with Crippen LogP contribution < -0.4 is 4.74 Å². The third-order valence-electron chi connectivity index (χ3n) is 6.49. The summed E-state index contributed by atoms with van der Waals surface area (Å²) in [5, 5.41) is 17.4. The average Bonchev–Trinajstić information content (AvgIpc) is 3.26. The number of likely N-dealkylation sites (tertiary alicyclic amines) is 1. The van der Waals surface area contributed by atoms with Crippen LogP contribution in [0.1, 0.15) is 36.6 Å². The van der Waals surface area contributed by atoms with Crippen molar-refractivity contribution in [1.82, 2.24) is 15.1 Å². The van der Waals surface area contributed by atoms with Gasteiger partial charge in [-0.3, -0.25) is 4.90 Å². The SMILES string of the molecule is N#Cc1cccc(OCCN2CCC3(CC2)C[C@@H]3c2nnc(-c3cccc(F)c3)o2)c1. The molecule has 7 heteroatoms. The van der Waals surface area contributed by atoms with Gasteiger partial charge in [0.1, 0.15) is 18.2 Å². The van der Waals surface area contributed by atoms with E-state index in [1.807, 2.05) is 12.1 Å². The Morgan fingerprint density at radius 2 is 2.00 bits per heavy atom. The van der Waals surface area contributed by atoms with Crippen molar-refractivity contribution in [2.45, 2.75) is 25.2 Å². The van der Waals surface area contributed by atoms with E-state index in [1.165, 1.54) is 12.1 Å². The number of piperidine rings is 1. The van der Waals surface area contributed by atoms with Gasteiger partial charge in [-0.05, 0) is 74.2 Å². The van der Waals surface area contributed by atoms with Crippen molar-refractivity contribution < 1.29 is 13.5 Å². The van der Waals surface area contributed by atoms with Gasteiger partial charge in [-0.15, -0.1) is 10.2 Å². The Morgan fingerprint density at radius 1 is 1.16 bits per heavy atom. The van der Waals surface area contributed by atoms with Gasteiger partial charge in [0.25, 0.3) is 0 Å². The second kappa shape index (κ2) is 8.12. The number of nitriles is 1. The third-order valence-corrected chi connectivity index (χ3v) is 6.49. The Morgan fingerprint density at radius 3 is 2.81 bits per heavy atom. The first-order valence-electron chi connectivity index (χ1n) is 10.6. The van der Waals surface area contributed by atoms with E-state index in [0.29, 0.717) is 35.4 Å². The minimum absolute atomic E-state index is 0.254. The van der Waals surface area contributed by atoms with E-state index in [2.05, 4.69) is 21.2 Å². The van der Waals surface area contributed by atoms with E-state index in [9.17, 15) is 4.39 Å². The summed E-state index contributed by atoms with van der Waals surface area (Å²) in [7, 11) is 0. The molecule has 1 aromatic heterocycles. The van der Waals surface area contributed by atoms with Crippen molar-refractivity contribution in [3.05, 3.63) is 65.8 Å². The lowest BCUT2D eigenvalue weighted by molar-refractivity contribution is 0.142. The van der Waals surface area contributed by atoms with Crippen molar-refractivity contribution in [3.8, 4) is 23.3 Å². The zero-order valence-corrected chi connectivity index (χ0v) is 17.1. The van der Waals surface area contributed by atoms with Gasteiger partial charge in [0.15, 0.2) is 0 Å². The maximum absolute atomic E-state index is 13.5. The summed E-state index contributed by atoms with van der Waals surface area (Å²) in [6, 6.07) is 15.6. The summed E-state index contributed by atoms with van der Waals surface area (Å²) >= 11 is 0. The quantitative estimate of drug-likeness (QED) is 0.591. The number of nitrogens with zero attached hydrogens (tertiary/aromatic N) is 4. The van der Waals surface area contributed by atoms with E-state index in [0.717, 1.165) is 44.6 Å². The molecule has 0 amide bonds. The molecule has 31 heavy (non-hydrogen) atoms. The number of ether oxygens (including phenoxy) is 1. The molecule has 1 aliphatic carbocycles. The summed E-state index contributed by atoms with van der Waals surface area (Å²) in [5.74, 6) is 1.78. The van der Waals surface area contributed by atoms with E-state index in [-0.39, 0.29) is 11.2 Å². The highest BCUT2D eigenvalue weighted by molar-refractivity contribution is 5.52. The van der Waals surface area contributed by atoms with Crippen LogP contribution in [-0.4, -0.2) is 41.3 Å². The summed E-state index contributed by atoms with van der Waals surface area (Å²) in [6.07, 6.45) is 3.27. The van der Waals surface area contributed by atoms with Gasteiger partial charge in [-0.25, -0.2) is 4.39 Å². The fraction of sp³-hybridized carbons (Fsp3) is 0.375. The fourth-order valence-corrected chi connectivity index (χ4v) is 4.53. The van der Waals surface area contributed by atoms with Crippen LogP contribution in [0.2, 0.25) is 0 Å². The highest BCUT2D eigenvalue weighted by atomic mass is 19.1. The monoisotopic (exact) mass is 418 g/mol. The lowest BCUT2D eigenvalue weighted by Crippen LogP contribution is -2.37. The Bertz CT molecular complexity index is 1110. The first kappa shape index (κ1) is 19.7. The molecule has 0 radical (unpaired) electrons. The molecule has 1 saturated heterocycles. The van der Waals surface area contributed by atoms with Gasteiger partial charge < -0.3 is 9.15 Å². The molecule has 2 aromatic carbocycles. The van der Waals surface area contributed by atoms with Gasteiger partial charge in [0.2, 0.25) is 11.8 Å². The predicted molar refractivity (Wildman–Crippen MR) is 112 cm³/mol. The number of benzene rings is 2. The molecule has 0 unspecified atom stereocenters. The molecule has 2 heterocycles. The fourth-order valence-electron chi connectivity index (χ4n) is 4.53. The van der Waals surface area contributed by atoms with Crippen molar-refractivity contribution >= 4 is 0 Å². The minimum atomic E-state index is -0.311. The van der Waals surface area contributed by atoms with Crippen molar-refractivity contribution in [1.29, 1.82) is 5.26 Å². The zero-order valence-electron chi connectivity index (χ0n) is 17.1. The van der Waals surface area contributed by atoms with Gasteiger partial charge >= 0.3 is 0 Å². The van der Waals surface area contributed by atoms with Crippen molar-refractivity contribution in [2.75, 3.05) is 26.2 Å². The number of hydrogen-bond acceptors (Lipinski definition) is 6. The average molecular weight is 418 g/mol. The molecule has 1 aliphatic heterocycles. The van der Waals surface area contributed by atoms with Gasteiger partial charge in [-0.1, -0.05) is 12.1 Å². The van der Waals surface area contributed by atoms with Gasteiger partial charge in [0.05, 0.1) is 11.6 Å². The molecule has 0 bridgehead atoms. The Hall–Kier alpha value is -3.24. The minimum Gasteiger partial charge on any atom is -0.492 e. The molecular weight excluding hydrogens is 395 g/mol. The predicted octanol–water partition coefficient (Wildman–Crippen LogP) is 4.40. The van der Waals surface area contributed by atoms with Crippen LogP contribution in [0.4, 0.5) is 4.39 Å². The second-order valence-corrected chi connectivity index (χ2v) is 8.40. The Labute approximate surface area is 180 Å². The summed E-state index contributed by atoms with van der Waals surface area (Å²) in [4.78, 5) is 2.42. The molecule has 1 atom stereocenters. The number of halogens is 1. The molecule has 2 aliphatic rings. The highest BCUT2D eigenvalue weighted by Gasteiger charge is 2.58. The molecule has 158 valence electrons. The standard InChI is InChI=1S/C24H23FN4O2/c25-19-5-2-4-18(14-19)22-27-28-23(31-22)21-15-24(21)7-9-29(10-8-24)11-12-30-20-6-1-3-17(13-20)16-26/h1-6,13-14,21H,7-12,15H2/t21-/m1/s1. The normalized spacial score (nSPS) is 19.8. The van der Waals surface area contributed by atoms with Crippen LogP contribution in [0.3, 0.4) is 0 Å².